The van der Waals surface area contributed by atoms with Crippen LogP contribution in [0.15, 0.2) is 52.5 Å². The molecule has 0 aliphatic heterocycles. The predicted octanol–water partition coefficient (Wildman–Crippen LogP) is 3.23. The first-order chi connectivity index (χ1) is 11.3. The second kappa shape index (κ2) is 7.44. The highest BCUT2D eigenvalue weighted by atomic mass is 32.2. The van der Waals surface area contributed by atoms with E-state index in [4.69, 9.17) is 4.74 Å². The fourth-order valence-electron chi connectivity index (χ4n) is 1.92. The summed E-state index contributed by atoms with van der Waals surface area (Å²) in [6.45, 7) is 5.54. The normalized spacial score (nSPS) is 11.9. The van der Waals surface area contributed by atoms with Crippen LogP contribution in [0.1, 0.15) is 25.0 Å². The number of nitrogens with zero attached hydrogens (tertiary/aromatic N) is 1. The summed E-state index contributed by atoms with van der Waals surface area (Å²) in [7, 11) is -3.78. The maximum absolute atomic E-state index is 13.4. The van der Waals surface area contributed by atoms with Crippen molar-refractivity contribution in [1.82, 2.24) is 4.83 Å². The molecule has 5 nitrogen and oxygen atoms in total. The molecule has 0 radical (unpaired) electrons. The monoisotopic (exact) mass is 350 g/mol. The molecule has 0 heterocycles. The third kappa shape index (κ3) is 4.79. The Morgan fingerprint density at radius 3 is 2.46 bits per heavy atom. The smallest absolute Gasteiger partial charge is 0.276 e. The number of halogens is 1. The average molecular weight is 350 g/mol. The van der Waals surface area contributed by atoms with Crippen molar-refractivity contribution in [3.8, 4) is 5.75 Å². The molecule has 0 saturated carbocycles. The van der Waals surface area contributed by atoms with Crippen molar-refractivity contribution in [1.29, 1.82) is 0 Å². The third-order valence-electron chi connectivity index (χ3n) is 3.04. The Morgan fingerprint density at radius 2 is 1.83 bits per heavy atom. The van der Waals surface area contributed by atoms with Crippen molar-refractivity contribution >= 4 is 16.2 Å². The van der Waals surface area contributed by atoms with Gasteiger partial charge in [0.25, 0.3) is 10.0 Å². The van der Waals surface area contributed by atoms with E-state index in [9.17, 15) is 12.8 Å². The molecule has 2 aromatic carbocycles. The second-order valence-corrected chi connectivity index (χ2v) is 7.18. The summed E-state index contributed by atoms with van der Waals surface area (Å²) in [4.78, 5) is 2.21. The van der Waals surface area contributed by atoms with Crippen molar-refractivity contribution < 1.29 is 17.5 Å². The van der Waals surface area contributed by atoms with Gasteiger partial charge in [-0.05, 0) is 51.1 Å². The summed E-state index contributed by atoms with van der Waals surface area (Å²) in [6.07, 6.45) is 1.11. The van der Waals surface area contributed by atoms with Gasteiger partial charge in [-0.25, -0.2) is 9.22 Å². The summed E-state index contributed by atoms with van der Waals surface area (Å²) >= 11 is 0. The Morgan fingerprint density at radius 1 is 1.17 bits per heavy atom. The van der Waals surface area contributed by atoms with Gasteiger partial charge in [0.1, 0.15) is 11.6 Å². The zero-order valence-electron chi connectivity index (χ0n) is 13.7. The average Bonchev–Trinajstić information content (AvgIpc) is 2.50. The lowest BCUT2D eigenvalue weighted by atomic mass is 10.2. The lowest BCUT2D eigenvalue weighted by molar-refractivity contribution is 0.242. The van der Waals surface area contributed by atoms with Gasteiger partial charge in [-0.3, -0.25) is 0 Å². The minimum absolute atomic E-state index is 0.100. The van der Waals surface area contributed by atoms with Gasteiger partial charge in [-0.1, -0.05) is 17.7 Å². The van der Waals surface area contributed by atoms with Crippen molar-refractivity contribution in [2.45, 2.75) is 31.8 Å². The van der Waals surface area contributed by atoms with Gasteiger partial charge in [0.15, 0.2) is 0 Å². The van der Waals surface area contributed by atoms with Gasteiger partial charge < -0.3 is 4.74 Å². The number of nitrogens with one attached hydrogen (secondary N) is 1. The molecule has 0 unspecified atom stereocenters. The number of hydrazone groups is 1. The van der Waals surface area contributed by atoms with E-state index < -0.39 is 15.8 Å². The maximum atomic E-state index is 13.4. The van der Waals surface area contributed by atoms with Gasteiger partial charge in [-0.15, -0.1) is 0 Å². The molecule has 24 heavy (non-hydrogen) atoms. The zero-order valence-corrected chi connectivity index (χ0v) is 14.5. The summed E-state index contributed by atoms with van der Waals surface area (Å²) in [5, 5.41) is 3.71. The lowest BCUT2D eigenvalue weighted by Crippen LogP contribution is -2.18. The second-order valence-electron chi connectivity index (χ2n) is 5.51. The van der Waals surface area contributed by atoms with Crippen LogP contribution >= 0.6 is 0 Å². The molecular weight excluding hydrogens is 331 g/mol. The minimum Gasteiger partial charge on any atom is -0.490 e. The zero-order chi connectivity index (χ0) is 17.7. The molecule has 128 valence electrons. The molecule has 0 atom stereocenters. The van der Waals surface area contributed by atoms with E-state index in [1.165, 1.54) is 36.5 Å². The van der Waals surface area contributed by atoms with Crippen molar-refractivity contribution in [3.05, 3.63) is 59.4 Å². The molecule has 0 saturated heterocycles. The molecule has 0 aliphatic carbocycles. The van der Waals surface area contributed by atoms with Crippen LogP contribution in [0.4, 0.5) is 4.39 Å². The fourth-order valence-corrected chi connectivity index (χ4v) is 2.71. The molecule has 0 aromatic heterocycles. The number of benzene rings is 2. The van der Waals surface area contributed by atoms with E-state index >= 15 is 0 Å². The minimum atomic E-state index is -3.78. The molecule has 0 bridgehead atoms. The van der Waals surface area contributed by atoms with E-state index in [1.807, 2.05) is 20.8 Å². The first-order valence-corrected chi connectivity index (χ1v) is 8.84. The Hall–Kier alpha value is -2.41. The van der Waals surface area contributed by atoms with Gasteiger partial charge >= 0.3 is 0 Å². The SMILES string of the molecule is Cc1ccc(S(=O)(=O)NN=Cc2cc(F)ccc2OC(C)C)cc1. The van der Waals surface area contributed by atoms with Crippen LogP contribution in [0, 0.1) is 12.7 Å². The summed E-state index contributed by atoms with van der Waals surface area (Å²) in [5.74, 6) is -0.0429. The van der Waals surface area contributed by atoms with Crippen LogP contribution < -0.4 is 9.57 Å². The molecule has 7 heteroatoms. The van der Waals surface area contributed by atoms with Crippen molar-refractivity contribution in [2.24, 2.45) is 5.10 Å². The van der Waals surface area contributed by atoms with Gasteiger partial charge in [0.2, 0.25) is 0 Å². The number of aryl methyl sites for hydroxylation is 1. The summed E-state index contributed by atoms with van der Waals surface area (Å²) in [6, 6.07) is 10.3. The Kier molecular flexibility index (Phi) is 5.56. The molecule has 1 N–H and O–H groups in total. The molecule has 2 aromatic rings. The topological polar surface area (TPSA) is 67.8 Å². The molecule has 0 spiro atoms. The highest BCUT2D eigenvalue weighted by Gasteiger charge is 2.12. The lowest BCUT2D eigenvalue weighted by Gasteiger charge is -2.12. The van der Waals surface area contributed by atoms with E-state index in [0.717, 1.165) is 5.56 Å². The maximum Gasteiger partial charge on any atom is 0.276 e. The molecule has 0 fully saturated rings. The number of hydrogen-bond acceptors (Lipinski definition) is 4. The Bertz CT molecular complexity index is 831. The van der Waals surface area contributed by atoms with Crippen LogP contribution in [0.2, 0.25) is 0 Å². The van der Waals surface area contributed by atoms with E-state index in [0.29, 0.717) is 11.3 Å². The fraction of sp³-hybridized carbons (Fsp3) is 0.235. The van der Waals surface area contributed by atoms with Crippen molar-refractivity contribution in [2.75, 3.05) is 0 Å². The number of ether oxygens (including phenoxy) is 1. The van der Waals surface area contributed by atoms with Gasteiger partial charge in [-0.2, -0.15) is 13.5 Å². The highest BCUT2D eigenvalue weighted by Crippen LogP contribution is 2.19. The van der Waals surface area contributed by atoms with Crippen LogP contribution in [-0.2, 0) is 10.0 Å². The van der Waals surface area contributed by atoms with E-state index in [-0.39, 0.29) is 11.0 Å². The first-order valence-electron chi connectivity index (χ1n) is 7.35. The van der Waals surface area contributed by atoms with Crippen LogP contribution in [0.5, 0.6) is 5.75 Å². The molecule has 0 aliphatic rings. The summed E-state index contributed by atoms with van der Waals surface area (Å²) < 4.78 is 43.2. The molecule has 0 amide bonds. The number of hydrogen-bond donors (Lipinski definition) is 1. The van der Waals surface area contributed by atoms with Gasteiger partial charge in [0, 0.05) is 5.56 Å². The van der Waals surface area contributed by atoms with Gasteiger partial charge in [0.05, 0.1) is 17.2 Å². The van der Waals surface area contributed by atoms with E-state index in [1.54, 1.807) is 12.1 Å². The highest BCUT2D eigenvalue weighted by molar-refractivity contribution is 7.89. The first kappa shape index (κ1) is 17.9. The Labute approximate surface area is 141 Å². The molecule has 2 rings (SSSR count). The Balaban J connectivity index is 2.19. The van der Waals surface area contributed by atoms with Crippen LogP contribution in [-0.4, -0.2) is 20.7 Å². The number of sulfonamides is 1. The standard InChI is InChI=1S/C17H19FN2O3S/c1-12(2)23-17-9-6-15(18)10-14(17)11-19-20-24(21,22)16-7-4-13(3)5-8-16/h4-12,20H,1-3H3. The third-order valence-corrected chi connectivity index (χ3v) is 4.28. The number of rotatable bonds is 6. The largest absolute Gasteiger partial charge is 0.490 e. The predicted molar refractivity (Wildman–Crippen MR) is 91.3 cm³/mol. The van der Waals surface area contributed by atoms with E-state index in [2.05, 4.69) is 9.93 Å². The van der Waals surface area contributed by atoms with Crippen LogP contribution in [0.25, 0.3) is 0 Å². The molecular formula is C17H19FN2O3S. The summed E-state index contributed by atoms with van der Waals surface area (Å²) in [5.41, 5.74) is 1.29. The van der Waals surface area contributed by atoms with Crippen molar-refractivity contribution in [3.63, 3.8) is 0 Å². The van der Waals surface area contributed by atoms with Crippen LogP contribution in [0.3, 0.4) is 0 Å². The quantitative estimate of drug-likeness (QED) is 0.642.